The van der Waals surface area contributed by atoms with Crippen molar-refractivity contribution in [2.75, 3.05) is 26.2 Å². The minimum Gasteiger partial charge on any atom is -0.396 e. The Kier molecular flexibility index (Phi) is 13.8. The molecule has 0 atom stereocenters. The molecule has 0 unspecified atom stereocenters. The lowest BCUT2D eigenvalue weighted by Gasteiger charge is -2.04. The number of nitrogens with two attached hydrogens (primary N) is 1. The molecule has 0 aromatic heterocycles. The Morgan fingerprint density at radius 3 is 1.80 bits per heavy atom. The summed E-state index contributed by atoms with van der Waals surface area (Å²) in [5, 5.41) is 12.0. The third-order valence-corrected chi connectivity index (χ3v) is 2.57. The molecule has 0 radical (unpaired) electrons. The van der Waals surface area contributed by atoms with E-state index in [1.165, 1.54) is 38.5 Å². The average molecular weight is 216 g/mol. The van der Waals surface area contributed by atoms with Gasteiger partial charge in [-0.25, -0.2) is 0 Å². The Morgan fingerprint density at radius 1 is 0.733 bits per heavy atom. The third-order valence-electron chi connectivity index (χ3n) is 2.57. The number of aliphatic hydroxyl groups is 1. The molecule has 0 saturated carbocycles. The van der Waals surface area contributed by atoms with Crippen molar-refractivity contribution in [1.29, 1.82) is 0 Å². The summed E-state index contributed by atoms with van der Waals surface area (Å²) >= 11 is 0. The predicted molar refractivity (Wildman–Crippen MR) is 65.9 cm³/mol. The molecular formula is C12H28N2O. The zero-order valence-corrected chi connectivity index (χ0v) is 10.0. The van der Waals surface area contributed by atoms with Gasteiger partial charge in [0.15, 0.2) is 0 Å². The molecule has 0 spiro atoms. The van der Waals surface area contributed by atoms with E-state index in [-0.39, 0.29) is 0 Å². The highest BCUT2D eigenvalue weighted by Crippen LogP contribution is 1.99. The molecule has 15 heavy (non-hydrogen) atoms. The minimum atomic E-state index is 0.342. The van der Waals surface area contributed by atoms with E-state index in [1.54, 1.807) is 0 Å². The van der Waals surface area contributed by atoms with Crippen molar-refractivity contribution in [2.24, 2.45) is 5.73 Å². The van der Waals surface area contributed by atoms with E-state index in [1.807, 2.05) is 0 Å². The molecule has 3 heteroatoms. The Bertz CT molecular complexity index is 97.8. The fourth-order valence-corrected chi connectivity index (χ4v) is 1.59. The largest absolute Gasteiger partial charge is 0.396 e. The van der Waals surface area contributed by atoms with Crippen molar-refractivity contribution in [3.63, 3.8) is 0 Å². The molecule has 0 aromatic rings. The number of aliphatic hydroxyl groups excluding tert-OH is 1. The molecule has 0 aromatic carbocycles. The van der Waals surface area contributed by atoms with Crippen molar-refractivity contribution in [3.05, 3.63) is 0 Å². The van der Waals surface area contributed by atoms with Crippen LogP contribution in [-0.2, 0) is 0 Å². The number of unbranched alkanes of at least 4 members (excludes halogenated alkanes) is 6. The van der Waals surface area contributed by atoms with Crippen LogP contribution in [-0.4, -0.2) is 31.3 Å². The standard InChI is InChI=1S/C12H28N2O/c13-9-5-1-2-6-10-14-11-7-3-4-8-12-15/h14-15H,1-13H2. The topological polar surface area (TPSA) is 58.3 Å². The van der Waals surface area contributed by atoms with E-state index in [0.717, 1.165) is 32.5 Å². The van der Waals surface area contributed by atoms with Gasteiger partial charge in [-0.3, -0.25) is 0 Å². The van der Waals surface area contributed by atoms with Gasteiger partial charge in [-0.1, -0.05) is 25.7 Å². The first-order chi connectivity index (χ1) is 7.41. The molecule has 0 rings (SSSR count). The summed E-state index contributed by atoms with van der Waals surface area (Å²) in [6.07, 6.45) is 9.61. The van der Waals surface area contributed by atoms with Crippen molar-refractivity contribution >= 4 is 0 Å². The smallest absolute Gasteiger partial charge is 0.0431 e. The summed E-state index contributed by atoms with van der Waals surface area (Å²) in [6, 6.07) is 0. The molecule has 0 aliphatic rings. The lowest BCUT2D eigenvalue weighted by Crippen LogP contribution is -2.16. The van der Waals surface area contributed by atoms with Gasteiger partial charge in [0, 0.05) is 6.61 Å². The summed E-state index contributed by atoms with van der Waals surface area (Å²) < 4.78 is 0. The Hall–Kier alpha value is -0.120. The van der Waals surface area contributed by atoms with Crippen LogP contribution in [0.1, 0.15) is 51.4 Å². The van der Waals surface area contributed by atoms with Crippen LogP contribution in [0.25, 0.3) is 0 Å². The Labute approximate surface area is 94.4 Å². The first-order valence-corrected chi connectivity index (χ1v) is 6.43. The van der Waals surface area contributed by atoms with Gasteiger partial charge in [-0.05, 0) is 45.3 Å². The molecule has 0 amide bonds. The quantitative estimate of drug-likeness (QED) is 0.435. The maximum absolute atomic E-state index is 8.59. The van der Waals surface area contributed by atoms with Crippen LogP contribution in [0.3, 0.4) is 0 Å². The van der Waals surface area contributed by atoms with Crippen molar-refractivity contribution in [3.8, 4) is 0 Å². The number of nitrogens with one attached hydrogen (secondary N) is 1. The van der Waals surface area contributed by atoms with E-state index in [0.29, 0.717) is 6.61 Å². The molecule has 0 aliphatic carbocycles. The minimum absolute atomic E-state index is 0.342. The highest BCUT2D eigenvalue weighted by molar-refractivity contribution is 4.51. The molecule has 0 bridgehead atoms. The second-order valence-electron chi connectivity index (χ2n) is 4.09. The SMILES string of the molecule is NCCCCCCNCCCCCCO. The lowest BCUT2D eigenvalue weighted by molar-refractivity contribution is 0.282. The summed E-state index contributed by atoms with van der Waals surface area (Å²) in [4.78, 5) is 0. The monoisotopic (exact) mass is 216 g/mol. The van der Waals surface area contributed by atoms with Crippen molar-refractivity contribution < 1.29 is 5.11 Å². The van der Waals surface area contributed by atoms with Crippen LogP contribution in [0.2, 0.25) is 0 Å². The van der Waals surface area contributed by atoms with Gasteiger partial charge in [-0.15, -0.1) is 0 Å². The number of hydrogen-bond acceptors (Lipinski definition) is 3. The van der Waals surface area contributed by atoms with E-state index >= 15 is 0 Å². The normalized spacial score (nSPS) is 10.8. The van der Waals surface area contributed by atoms with Crippen LogP contribution < -0.4 is 11.1 Å². The Balaban J connectivity index is 2.81. The molecule has 4 N–H and O–H groups in total. The first kappa shape index (κ1) is 14.9. The van der Waals surface area contributed by atoms with E-state index in [9.17, 15) is 0 Å². The van der Waals surface area contributed by atoms with Crippen LogP contribution in [0.4, 0.5) is 0 Å². The predicted octanol–water partition coefficient (Wildman–Crippen LogP) is 1.65. The zero-order chi connectivity index (χ0) is 11.2. The van der Waals surface area contributed by atoms with Gasteiger partial charge in [0.2, 0.25) is 0 Å². The van der Waals surface area contributed by atoms with Crippen LogP contribution in [0.5, 0.6) is 0 Å². The van der Waals surface area contributed by atoms with E-state index in [4.69, 9.17) is 10.8 Å². The van der Waals surface area contributed by atoms with Crippen LogP contribution in [0.15, 0.2) is 0 Å². The van der Waals surface area contributed by atoms with Gasteiger partial charge in [0.05, 0.1) is 0 Å². The van der Waals surface area contributed by atoms with Gasteiger partial charge < -0.3 is 16.2 Å². The Morgan fingerprint density at radius 2 is 1.27 bits per heavy atom. The lowest BCUT2D eigenvalue weighted by atomic mass is 10.2. The maximum Gasteiger partial charge on any atom is 0.0431 e. The van der Waals surface area contributed by atoms with E-state index in [2.05, 4.69) is 5.32 Å². The third kappa shape index (κ3) is 13.9. The second-order valence-corrected chi connectivity index (χ2v) is 4.09. The molecule has 3 nitrogen and oxygen atoms in total. The molecule has 0 aliphatic heterocycles. The fourth-order valence-electron chi connectivity index (χ4n) is 1.59. The molecule has 92 valence electrons. The van der Waals surface area contributed by atoms with Crippen LogP contribution in [0, 0.1) is 0 Å². The number of rotatable bonds is 12. The molecule has 0 saturated heterocycles. The summed E-state index contributed by atoms with van der Waals surface area (Å²) in [5.41, 5.74) is 5.42. The first-order valence-electron chi connectivity index (χ1n) is 6.43. The fraction of sp³-hybridized carbons (Fsp3) is 1.00. The van der Waals surface area contributed by atoms with Crippen LogP contribution >= 0.6 is 0 Å². The van der Waals surface area contributed by atoms with Gasteiger partial charge in [0.25, 0.3) is 0 Å². The van der Waals surface area contributed by atoms with Gasteiger partial charge >= 0.3 is 0 Å². The molecule has 0 heterocycles. The highest BCUT2D eigenvalue weighted by atomic mass is 16.2. The van der Waals surface area contributed by atoms with E-state index < -0.39 is 0 Å². The average Bonchev–Trinajstić information content (AvgIpc) is 2.26. The molecular weight excluding hydrogens is 188 g/mol. The molecule has 0 fully saturated rings. The maximum atomic E-state index is 8.59. The van der Waals surface area contributed by atoms with Gasteiger partial charge in [-0.2, -0.15) is 0 Å². The highest BCUT2D eigenvalue weighted by Gasteiger charge is 1.91. The van der Waals surface area contributed by atoms with Crippen molar-refractivity contribution in [2.45, 2.75) is 51.4 Å². The number of hydrogen-bond donors (Lipinski definition) is 3. The van der Waals surface area contributed by atoms with Gasteiger partial charge in [0.1, 0.15) is 0 Å². The second kappa shape index (κ2) is 13.9. The summed E-state index contributed by atoms with van der Waals surface area (Å²) in [5.74, 6) is 0. The zero-order valence-electron chi connectivity index (χ0n) is 10.0. The summed E-state index contributed by atoms with van der Waals surface area (Å²) in [7, 11) is 0. The van der Waals surface area contributed by atoms with Crippen molar-refractivity contribution in [1.82, 2.24) is 5.32 Å². The summed E-state index contributed by atoms with van der Waals surface area (Å²) in [6.45, 7) is 3.44.